The average molecular weight is 437 g/mol. The zero-order chi connectivity index (χ0) is 22.7. The number of nitrogens with zero attached hydrogens (tertiary/aromatic N) is 3. The number of fused-ring (bicyclic) bond motifs is 1. The van der Waals surface area contributed by atoms with Gasteiger partial charge in [0.2, 0.25) is 5.91 Å². The number of nitrogens with one attached hydrogen (secondary N) is 1. The minimum absolute atomic E-state index is 0.0130. The van der Waals surface area contributed by atoms with Gasteiger partial charge in [0, 0.05) is 25.0 Å². The highest BCUT2D eigenvalue weighted by Crippen LogP contribution is 2.32. The van der Waals surface area contributed by atoms with E-state index >= 15 is 0 Å². The average Bonchev–Trinajstić information content (AvgIpc) is 3.30. The number of aryl methyl sites for hydroxylation is 1. The van der Waals surface area contributed by atoms with Crippen LogP contribution in [0.4, 0.5) is 5.69 Å². The molecule has 0 radical (unpaired) electrons. The highest BCUT2D eigenvalue weighted by atomic mass is 16.5. The van der Waals surface area contributed by atoms with Crippen molar-refractivity contribution in [1.29, 1.82) is 0 Å². The molecule has 3 aliphatic rings. The monoisotopic (exact) mass is 436 g/mol. The summed E-state index contributed by atoms with van der Waals surface area (Å²) in [5, 5.41) is 2.89. The molecule has 1 fully saturated rings. The molecule has 1 saturated heterocycles. The first kappa shape index (κ1) is 22.0. The minimum atomic E-state index is -1.20. The first-order valence-electron chi connectivity index (χ1n) is 10.9. The fourth-order valence-corrected chi connectivity index (χ4v) is 4.32. The maximum Gasteiger partial charge on any atom is 0.254 e. The van der Waals surface area contributed by atoms with Gasteiger partial charge >= 0.3 is 0 Å². The fourth-order valence-electron chi connectivity index (χ4n) is 4.32. The number of carbonyl (C=O) groups excluding carboxylic acids is 3. The molecule has 8 heteroatoms. The Morgan fingerprint density at radius 1 is 1.31 bits per heavy atom. The summed E-state index contributed by atoms with van der Waals surface area (Å²) >= 11 is 0. The molecule has 32 heavy (non-hydrogen) atoms. The van der Waals surface area contributed by atoms with E-state index in [4.69, 9.17) is 4.74 Å². The SMILES string of the molecule is Cc1ccccc1N(CC(=O)NC[C@H]1CCCO1)C(=O)[C@]1(C)CC(=O)N=C2C=CC=CN21. The lowest BCUT2D eigenvalue weighted by molar-refractivity contribution is -0.133. The summed E-state index contributed by atoms with van der Waals surface area (Å²) in [5.41, 5.74) is 0.299. The van der Waals surface area contributed by atoms with Gasteiger partial charge in [-0.15, -0.1) is 0 Å². The van der Waals surface area contributed by atoms with Crippen LogP contribution in [0.2, 0.25) is 0 Å². The molecular weight excluding hydrogens is 408 g/mol. The molecule has 0 aliphatic carbocycles. The molecule has 8 nitrogen and oxygen atoms in total. The van der Waals surface area contributed by atoms with Crippen LogP contribution >= 0.6 is 0 Å². The van der Waals surface area contributed by atoms with Crippen LogP contribution in [0.15, 0.2) is 53.7 Å². The summed E-state index contributed by atoms with van der Waals surface area (Å²) in [4.78, 5) is 46.5. The molecule has 3 heterocycles. The predicted octanol–water partition coefficient (Wildman–Crippen LogP) is 2.10. The van der Waals surface area contributed by atoms with Gasteiger partial charge in [-0.05, 0) is 50.5 Å². The number of hydrogen-bond acceptors (Lipinski definition) is 5. The zero-order valence-electron chi connectivity index (χ0n) is 18.4. The number of benzene rings is 1. The number of anilines is 1. The molecular formula is C24H28N4O4. The fraction of sp³-hybridized carbons (Fsp3) is 0.417. The standard InChI is InChI=1S/C24H28N4O4/c1-17-8-3-4-10-19(17)27(16-22(30)25-15-18-9-7-13-32-18)23(31)24(2)14-21(29)26-20-11-5-6-12-28(20)24/h3-6,8,10-12,18H,7,9,13-16H2,1-2H3,(H,25,30)/t18-,24+/m1/s1. The third kappa shape index (κ3) is 4.36. The summed E-state index contributed by atoms with van der Waals surface area (Å²) in [6.07, 6.45) is 8.86. The predicted molar refractivity (Wildman–Crippen MR) is 121 cm³/mol. The lowest BCUT2D eigenvalue weighted by Crippen LogP contribution is -2.62. The Kier molecular flexibility index (Phi) is 6.23. The third-order valence-corrected chi connectivity index (χ3v) is 6.07. The topological polar surface area (TPSA) is 91.3 Å². The van der Waals surface area contributed by atoms with Crippen LogP contribution in [0.5, 0.6) is 0 Å². The van der Waals surface area contributed by atoms with Crippen molar-refractivity contribution in [1.82, 2.24) is 10.2 Å². The van der Waals surface area contributed by atoms with E-state index in [9.17, 15) is 14.4 Å². The van der Waals surface area contributed by atoms with Crippen LogP contribution in [0, 0.1) is 6.92 Å². The molecule has 0 aromatic heterocycles. The first-order chi connectivity index (χ1) is 15.4. The van der Waals surface area contributed by atoms with E-state index in [1.165, 1.54) is 4.90 Å². The number of para-hydroxylation sites is 1. The molecule has 3 aliphatic heterocycles. The number of rotatable bonds is 6. The van der Waals surface area contributed by atoms with Crippen molar-refractivity contribution in [3.05, 3.63) is 54.3 Å². The molecule has 0 bridgehead atoms. The molecule has 1 aromatic rings. The van der Waals surface area contributed by atoms with Gasteiger partial charge in [0.25, 0.3) is 11.8 Å². The van der Waals surface area contributed by atoms with E-state index in [0.29, 0.717) is 24.7 Å². The number of carbonyl (C=O) groups is 3. The van der Waals surface area contributed by atoms with E-state index < -0.39 is 5.54 Å². The molecule has 1 aromatic carbocycles. The number of hydrogen-bond donors (Lipinski definition) is 1. The normalized spacial score (nSPS) is 24.2. The molecule has 0 saturated carbocycles. The molecule has 3 amide bonds. The van der Waals surface area contributed by atoms with Crippen molar-refractivity contribution in [2.24, 2.45) is 4.99 Å². The second-order valence-corrected chi connectivity index (χ2v) is 8.50. The summed E-state index contributed by atoms with van der Waals surface area (Å²) < 4.78 is 5.58. The van der Waals surface area contributed by atoms with E-state index in [1.54, 1.807) is 36.3 Å². The Hall–Kier alpha value is -3.26. The van der Waals surface area contributed by atoms with E-state index in [2.05, 4.69) is 10.3 Å². The van der Waals surface area contributed by atoms with Gasteiger partial charge in [-0.3, -0.25) is 14.4 Å². The van der Waals surface area contributed by atoms with Gasteiger partial charge in [0.1, 0.15) is 17.9 Å². The molecule has 0 spiro atoms. The quantitative estimate of drug-likeness (QED) is 0.737. The summed E-state index contributed by atoms with van der Waals surface area (Å²) in [7, 11) is 0. The van der Waals surface area contributed by atoms with Crippen LogP contribution in [0.1, 0.15) is 31.7 Å². The van der Waals surface area contributed by atoms with Crippen molar-refractivity contribution < 1.29 is 19.1 Å². The number of ether oxygens (including phenoxy) is 1. The number of allylic oxidation sites excluding steroid dienone is 2. The lowest BCUT2D eigenvalue weighted by Gasteiger charge is -2.44. The molecule has 2 atom stereocenters. The number of amidine groups is 1. The van der Waals surface area contributed by atoms with Gasteiger partial charge in [-0.25, -0.2) is 0 Å². The van der Waals surface area contributed by atoms with Crippen LogP contribution in [0.25, 0.3) is 0 Å². The highest BCUT2D eigenvalue weighted by molar-refractivity contribution is 6.13. The van der Waals surface area contributed by atoms with Crippen LogP contribution in [-0.2, 0) is 19.1 Å². The second kappa shape index (κ2) is 9.08. The second-order valence-electron chi connectivity index (χ2n) is 8.50. The van der Waals surface area contributed by atoms with Gasteiger partial charge in [-0.1, -0.05) is 24.3 Å². The van der Waals surface area contributed by atoms with Gasteiger partial charge in [0.15, 0.2) is 0 Å². The van der Waals surface area contributed by atoms with Crippen LogP contribution < -0.4 is 10.2 Å². The molecule has 168 valence electrons. The highest BCUT2D eigenvalue weighted by Gasteiger charge is 2.48. The molecule has 4 rings (SSSR count). The Morgan fingerprint density at radius 3 is 2.88 bits per heavy atom. The third-order valence-electron chi connectivity index (χ3n) is 6.07. The first-order valence-corrected chi connectivity index (χ1v) is 10.9. The summed E-state index contributed by atoms with van der Waals surface area (Å²) in [6, 6.07) is 7.42. The van der Waals surface area contributed by atoms with Crippen molar-refractivity contribution in [2.75, 3.05) is 24.6 Å². The van der Waals surface area contributed by atoms with Gasteiger partial charge < -0.3 is 19.9 Å². The van der Waals surface area contributed by atoms with E-state index in [1.807, 2.05) is 31.2 Å². The van der Waals surface area contributed by atoms with Gasteiger partial charge in [-0.2, -0.15) is 4.99 Å². The van der Waals surface area contributed by atoms with E-state index in [0.717, 1.165) is 18.4 Å². The van der Waals surface area contributed by atoms with Crippen molar-refractivity contribution in [3.63, 3.8) is 0 Å². The Balaban J connectivity index is 1.61. The Morgan fingerprint density at radius 2 is 2.12 bits per heavy atom. The van der Waals surface area contributed by atoms with Crippen molar-refractivity contribution in [3.8, 4) is 0 Å². The zero-order valence-corrected chi connectivity index (χ0v) is 18.4. The maximum absolute atomic E-state index is 14.0. The lowest BCUT2D eigenvalue weighted by atomic mass is 9.90. The molecule has 1 N–H and O–H groups in total. The van der Waals surface area contributed by atoms with Crippen LogP contribution in [-0.4, -0.2) is 59.8 Å². The number of aliphatic imine (C=N–C) groups is 1. The Bertz CT molecular complexity index is 1010. The summed E-state index contributed by atoms with van der Waals surface area (Å²) in [6.45, 7) is 4.59. The maximum atomic E-state index is 14.0. The number of amides is 3. The largest absolute Gasteiger partial charge is 0.376 e. The van der Waals surface area contributed by atoms with Crippen molar-refractivity contribution in [2.45, 2.75) is 44.8 Å². The van der Waals surface area contributed by atoms with Gasteiger partial charge in [0.05, 0.1) is 12.5 Å². The van der Waals surface area contributed by atoms with E-state index in [-0.39, 0.29) is 36.8 Å². The minimum Gasteiger partial charge on any atom is -0.376 e. The van der Waals surface area contributed by atoms with Crippen LogP contribution in [0.3, 0.4) is 0 Å². The summed E-state index contributed by atoms with van der Waals surface area (Å²) in [5.74, 6) is -0.544. The Labute approximate surface area is 187 Å². The smallest absolute Gasteiger partial charge is 0.254 e. The van der Waals surface area contributed by atoms with Crippen molar-refractivity contribution >= 4 is 29.2 Å². The molecule has 0 unspecified atom stereocenters.